The third-order valence-electron chi connectivity index (χ3n) is 2.23. The van der Waals surface area contributed by atoms with Gasteiger partial charge in [0.05, 0.1) is 16.0 Å². The van der Waals surface area contributed by atoms with Crippen LogP contribution in [-0.4, -0.2) is 24.1 Å². The van der Waals surface area contributed by atoms with Gasteiger partial charge in [-0.1, -0.05) is 25.4 Å². The number of hydrogen-bond acceptors (Lipinski definition) is 4. The molecule has 0 aliphatic rings. The largest absolute Gasteiger partial charge is 0.378 e. The first kappa shape index (κ1) is 14.7. The average Bonchev–Trinajstić information content (AvgIpc) is 2.28. The number of anilines is 1. The Morgan fingerprint density at radius 3 is 2.67 bits per heavy atom. The van der Waals surface area contributed by atoms with Gasteiger partial charge < -0.3 is 10.6 Å². The molecular weight excluding hydrogens is 261 g/mol. The topological polar surface area (TPSA) is 67.2 Å². The lowest BCUT2D eigenvalue weighted by Crippen LogP contribution is -2.28. The zero-order chi connectivity index (χ0) is 13.7. The minimum atomic E-state index is -0.797. The van der Waals surface area contributed by atoms with Crippen molar-refractivity contribution in [1.29, 1.82) is 0 Å². The molecule has 0 radical (unpaired) electrons. The third kappa shape index (κ3) is 4.12. The lowest BCUT2D eigenvalue weighted by atomic mass is 10.2. The van der Waals surface area contributed by atoms with Gasteiger partial charge in [0.25, 0.3) is 5.69 Å². The van der Waals surface area contributed by atoms with Gasteiger partial charge in [-0.05, 0) is 6.07 Å². The zero-order valence-electron chi connectivity index (χ0n) is 10.2. The van der Waals surface area contributed by atoms with E-state index in [2.05, 4.69) is 10.6 Å². The van der Waals surface area contributed by atoms with Crippen LogP contribution in [0.5, 0.6) is 0 Å². The number of nitro benzene ring substituents is 1. The summed E-state index contributed by atoms with van der Waals surface area (Å²) in [4.78, 5) is 10.1. The van der Waals surface area contributed by atoms with E-state index in [1.54, 1.807) is 0 Å². The van der Waals surface area contributed by atoms with E-state index in [9.17, 15) is 14.5 Å². The molecule has 0 atom stereocenters. The molecule has 0 aromatic heterocycles. The van der Waals surface area contributed by atoms with Crippen molar-refractivity contribution in [2.24, 2.45) is 0 Å². The van der Waals surface area contributed by atoms with Crippen molar-refractivity contribution in [2.45, 2.75) is 19.9 Å². The summed E-state index contributed by atoms with van der Waals surface area (Å²) >= 11 is 5.60. The van der Waals surface area contributed by atoms with E-state index in [-0.39, 0.29) is 16.4 Å². The van der Waals surface area contributed by atoms with Crippen LogP contribution in [0.2, 0.25) is 5.02 Å². The van der Waals surface area contributed by atoms with E-state index >= 15 is 0 Å². The van der Waals surface area contributed by atoms with Crippen molar-refractivity contribution in [2.75, 3.05) is 18.4 Å². The number of benzene rings is 1. The summed E-state index contributed by atoms with van der Waals surface area (Å²) in [6.45, 7) is 5.12. The maximum Gasteiger partial charge on any atom is 0.295 e. The molecule has 0 saturated heterocycles. The highest BCUT2D eigenvalue weighted by molar-refractivity contribution is 6.31. The highest BCUT2D eigenvalue weighted by Crippen LogP contribution is 2.29. The highest BCUT2D eigenvalue weighted by atomic mass is 35.5. The van der Waals surface area contributed by atoms with Crippen molar-refractivity contribution in [1.82, 2.24) is 5.32 Å². The number of nitrogens with one attached hydrogen (secondary N) is 2. The Kier molecular flexibility index (Phi) is 5.30. The molecule has 7 heteroatoms. The summed E-state index contributed by atoms with van der Waals surface area (Å²) in [6.07, 6.45) is 0. The monoisotopic (exact) mass is 275 g/mol. The fraction of sp³-hybridized carbons (Fsp3) is 0.455. The predicted molar refractivity (Wildman–Crippen MR) is 69.7 cm³/mol. The van der Waals surface area contributed by atoms with Gasteiger partial charge in [-0.3, -0.25) is 10.1 Å². The van der Waals surface area contributed by atoms with Crippen LogP contribution in [0.1, 0.15) is 13.8 Å². The van der Waals surface area contributed by atoms with Crippen LogP contribution >= 0.6 is 11.6 Å². The van der Waals surface area contributed by atoms with Crippen LogP contribution in [-0.2, 0) is 0 Å². The van der Waals surface area contributed by atoms with Crippen LogP contribution in [0.3, 0.4) is 0 Å². The molecular formula is C11H15ClFN3O2. The van der Waals surface area contributed by atoms with Crippen LogP contribution in [0.15, 0.2) is 12.1 Å². The first-order valence-corrected chi connectivity index (χ1v) is 5.90. The Balaban J connectivity index is 2.74. The first-order valence-electron chi connectivity index (χ1n) is 5.52. The molecule has 0 unspecified atom stereocenters. The second-order valence-corrected chi connectivity index (χ2v) is 4.48. The van der Waals surface area contributed by atoms with E-state index in [0.717, 1.165) is 6.07 Å². The van der Waals surface area contributed by atoms with Gasteiger partial charge in [-0.2, -0.15) is 0 Å². The highest BCUT2D eigenvalue weighted by Gasteiger charge is 2.17. The van der Waals surface area contributed by atoms with Crippen LogP contribution in [0.25, 0.3) is 0 Å². The van der Waals surface area contributed by atoms with E-state index in [1.165, 1.54) is 6.07 Å². The fourth-order valence-corrected chi connectivity index (χ4v) is 1.55. The van der Waals surface area contributed by atoms with Crippen molar-refractivity contribution in [3.63, 3.8) is 0 Å². The molecule has 1 aromatic rings. The van der Waals surface area contributed by atoms with Crippen LogP contribution in [0, 0.1) is 15.9 Å². The lowest BCUT2D eigenvalue weighted by molar-refractivity contribution is -0.384. The normalized spacial score (nSPS) is 10.7. The van der Waals surface area contributed by atoms with Gasteiger partial charge in [0.1, 0.15) is 11.5 Å². The standard InChI is InChI=1S/C11H15ClFN3O2/c1-7(2)14-3-4-15-10-5-8(12)9(13)6-11(10)16(17)18/h5-7,14-15H,3-4H2,1-2H3. The molecule has 0 amide bonds. The summed E-state index contributed by atoms with van der Waals surface area (Å²) < 4.78 is 13.1. The van der Waals surface area contributed by atoms with E-state index in [0.29, 0.717) is 19.1 Å². The fourth-order valence-electron chi connectivity index (χ4n) is 1.39. The van der Waals surface area contributed by atoms with Crippen molar-refractivity contribution >= 4 is 23.0 Å². The van der Waals surface area contributed by atoms with Crippen molar-refractivity contribution < 1.29 is 9.31 Å². The first-order chi connectivity index (χ1) is 8.41. The molecule has 5 nitrogen and oxygen atoms in total. The summed E-state index contributed by atoms with van der Waals surface area (Å²) in [5.74, 6) is -0.797. The van der Waals surface area contributed by atoms with Gasteiger partial charge in [0.15, 0.2) is 0 Å². The number of nitrogens with zero attached hydrogens (tertiary/aromatic N) is 1. The summed E-state index contributed by atoms with van der Waals surface area (Å²) in [5.41, 5.74) is -0.0987. The van der Waals surface area contributed by atoms with Crippen molar-refractivity contribution in [3.05, 3.63) is 33.1 Å². The van der Waals surface area contributed by atoms with Gasteiger partial charge >= 0.3 is 0 Å². The number of halogens is 2. The second-order valence-electron chi connectivity index (χ2n) is 4.08. The smallest absolute Gasteiger partial charge is 0.295 e. The molecule has 0 saturated carbocycles. The Hall–Kier alpha value is -1.40. The Morgan fingerprint density at radius 2 is 2.11 bits per heavy atom. The zero-order valence-corrected chi connectivity index (χ0v) is 10.9. The molecule has 0 spiro atoms. The third-order valence-corrected chi connectivity index (χ3v) is 2.52. The Morgan fingerprint density at radius 1 is 1.44 bits per heavy atom. The average molecular weight is 276 g/mol. The summed E-state index contributed by atoms with van der Waals surface area (Å²) in [7, 11) is 0. The molecule has 0 aliphatic carbocycles. The molecule has 0 fully saturated rings. The van der Waals surface area contributed by atoms with Crippen LogP contribution in [0.4, 0.5) is 15.8 Å². The summed E-state index contributed by atoms with van der Waals surface area (Å²) in [6, 6.07) is 2.38. The van der Waals surface area contributed by atoms with Gasteiger partial charge in [-0.15, -0.1) is 0 Å². The van der Waals surface area contributed by atoms with Gasteiger partial charge in [-0.25, -0.2) is 4.39 Å². The molecule has 0 heterocycles. The van der Waals surface area contributed by atoms with Gasteiger partial charge in [0, 0.05) is 19.1 Å². The Labute approximate surface area is 109 Å². The van der Waals surface area contributed by atoms with E-state index < -0.39 is 10.7 Å². The molecule has 18 heavy (non-hydrogen) atoms. The lowest BCUT2D eigenvalue weighted by Gasteiger charge is -2.10. The van der Waals surface area contributed by atoms with Crippen LogP contribution < -0.4 is 10.6 Å². The SMILES string of the molecule is CC(C)NCCNc1cc(Cl)c(F)cc1[N+](=O)[O-]. The molecule has 100 valence electrons. The van der Waals surface area contributed by atoms with E-state index in [4.69, 9.17) is 11.6 Å². The van der Waals surface area contributed by atoms with Crippen molar-refractivity contribution in [3.8, 4) is 0 Å². The molecule has 2 N–H and O–H groups in total. The molecule has 0 bridgehead atoms. The number of hydrogen-bond donors (Lipinski definition) is 2. The predicted octanol–water partition coefficient (Wildman–Crippen LogP) is 2.80. The molecule has 1 rings (SSSR count). The molecule has 0 aliphatic heterocycles. The van der Waals surface area contributed by atoms with Gasteiger partial charge in [0.2, 0.25) is 0 Å². The Bertz CT molecular complexity index is 441. The quantitative estimate of drug-likeness (QED) is 0.476. The number of rotatable bonds is 6. The maximum atomic E-state index is 13.1. The molecule has 1 aromatic carbocycles. The summed E-state index contributed by atoms with van der Waals surface area (Å²) in [5, 5.41) is 16.6. The minimum absolute atomic E-state index is 0.139. The number of nitro groups is 1. The second kappa shape index (κ2) is 6.51. The van der Waals surface area contributed by atoms with E-state index in [1.807, 2.05) is 13.8 Å². The maximum absolute atomic E-state index is 13.1. The minimum Gasteiger partial charge on any atom is -0.378 e.